The summed E-state index contributed by atoms with van der Waals surface area (Å²) in [5.74, 6) is 0.807. The predicted molar refractivity (Wildman–Crippen MR) is 120 cm³/mol. The van der Waals surface area contributed by atoms with Gasteiger partial charge in [0, 0.05) is 43.6 Å². The van der Waals surface area contributed by atoms with Crippen LogP contribution in [0.4, 0.5) is 10.6 Å². The van der Waals surface area contributed by atoms with E-state index in [0.29, 0.717) is 19.6 Å². The average molecular weight is 405 g/mol. The van der Waals surface area contributed by atoms with Crippen LogP contribution in [0.2, 0.25) is 0 Å². The first-order chi connectivity index (χ1) is 14.8. The van der Waals surface area contributed by atoms with E-state index in [4.69, 9.17) is 4.74 Å². The highest BCUT2D eigenvalue weighted by Gasteiger charge is 2.34. The van der Waals surface area contributed by atoms with Crippen LogP contribution in [0.25, 0.3) is 10.9 Å². The average Bonchev–Trinajstić information content (AvgIpc) is 2.81. The van der Waals surface area contributed by atoms with Gasteiger partial charge in [0.05, 0.1) is 5.52 Å². The molecule has 0 atom stereocenters. The topological polar surface area (TPSA) is 75.3 Å². The molecule has 1 fully saturated rings. The third kappa shape index (κ3) is 4.89. The van der Waals surface area contributed by atoms with Crippen molar-refractivity contribution in [2.24, 2.45) is 0 Å². The van der Waals surface area contributed by atoms with Crippen molar-refractivity contribution in [2.75, 3.05) is 38.2 Å². The molecule has 3 aromatic rings. The molecule has 1 aliphatic rings. The Morgan fingerprint density at radius 2 is 1.67 bits per heavy atom. The quantitative estimate of drug-likeness (QED) is 0.525. The molecular weight excluding hydrogens is 376 g/mol. The second kappa shape index (κ2) is 9.59. The molecule has 0 saturated carbocycles. The lowest BCUT2D eigenvalue weighted by molar-refractivity contribution is 0.0507. The van der Waals surface area contributed by atoms with Crippen molar-refractivity contribution in [1.29, 1.82) is 0 Å². The van der Waals surface area contributed by atoms with Crippen molar-refractivity contribution < 1.29 is 9.53 Å². The number of nitrogens with zero attached hydrogens (tertiary/aromatic N) is 1. The first-order valence-electron chi connectivity index (χ1n) is 10.5. The number of aromatic nitrogens is 1. The van der Waals surface area contributed by atoms with E-state index in [1.807, 2.05) is 42.5 Å². The number of hydrogen-bond acceptors (Lipinski definition) is 4. The van der Waals surface area contributed by atoms with Crippen LogP contribution in [0, 0.1) is 0 Å². The van der Waals surface area contributed by atoms with Crippen LogP contribution in [0.15, 0.2) is 66.7 Å². The largest absolute Gasteiger partial charge is 0.381 e. The van der Waals surface area contributed by atoms with Gasteiger partial charge in [-0.25, -0.2) is 9.78 Å². The van der Waals surface area contributed by atoms with E-state index in [0.717, 1.165) is 42.8 Å². The van der Waals surface area contributed by atoms with E-state index < -0.39 is 0 Å². The van der Waals surface area contributed by atoms with E-state index in [-0.39, 0.29) is 11.4 Å². The third-order valence-electron chi connectivity index (χ3n) is 5.74. The fourth-order valence-corrected chi connectivity index (χ4v) is 3.96. The van der Waals surface area contributed by atoms with Gasteiger partial charge < -0.3 is 20.7 Å². The molecule has 2 amide bonds. The number of carbonyl (C=O) groups is 1. The number of anilines is 1. The molecule has 4 rings (SSSR count). The standard InChI is InChI=1S/C24H28N4O2/c29-23(26-15-14-25-22-11-10-19-6-4-5-9-21(19)28-22)27-18-24(12-16-30-17-13-24)20-7-2-1-3-8-20/h1-11H,12-18H2,(H,25,28)(H2,26,27,29). The van der Waals surface area contributed by atoms with E-state index in [1.165, 1.54) is 5.56 Å². The summed E-state index contributed by atoms with van der Waals surface area (Å²) < 4.78 is 5.56. The Balaban J connectivity index is 1.25. The Hall–Kier alpha value is -3.12. The molecule has 1 saturated heterocycles. The molecule has 0 radical (unpaired) electrons. The van der Waals surface area contributed by atoms with Crippen LogP contribution < -0.4 is 16.0 Å². The zero-order valence-electron chi connectivity index (χ0n) is 17.1. The van der Waals surface area contributed by atoms with Crippen LogP contribution >= 0.6 is 0 Å². The third-order valence-corrected chi connectivity index (χ3v) is 5.74. The van der Waals surface area contributed by atoms with Crippen molar-refractivity contribution >= 4 is 22.8 Å². The van der Waals surface area contributed by atoms with E-state index in [2.05, 4.69) is 45.2 Å². The Morgan fingerprint density at radius 3 is 2.50 bits per heavy atom. The molecule has 0 aliphatic carbocycles. The van der Waals surface area contributed by atoms with E-state index in [1.54, 1.807) is 0 Å². The van der Waals surface area contributed by atoms with Crippen molar-refractivity contribution in [1.82, 2.24) is 15.6 Å². The smallest absolute Gasteiger partial charge is 0.314 e. The van der Waals surface area contributed by atoms with Crippen LogP contribution in [-0.2, 0) is 10.2 Å². The summed E-state index contributed by atoms with van der Waals surface area (Å²) >= 11 is 0. The number of hydrogen-bond donors (Lipinski definition) is 3. The maximum Gasteiger partial charge on any atom is 0.314 e. The fraction of sp³-hybridized carbons (Fsp3) is 0.333. The lowest BCUT2D eigenvalue weighted by atomic mass is 9.74. The van der Waals surface area contributed by atoms with Gasteiger partial charge in [-0.3, -0.25) is 0 Å². The van der Waals surface area contributed by atoms with Gasteiger partial charge in [0.15, 0.2) is 0 Å². The van der Waals surface area contributed by atoms with Gasteiger partial charge in [0.1, 0.15) is 5.82 Å². The fourth-order valence-electron chi connectivity index (χ4n) is 3.96. The summed E-state index contributed by atoms with van der Waals surface area (Å²) in [7, 11) is 0. The molecule has 3 N–H and O–H groups in total. The van der Waals surface area contributed by atoms with Crippen LogP contribution in [0.3, 0.4) is 0 Å². The molecule has 156 valence electrons. The zero-order valence-corrected chi connectivity index (χ0v) is 17.1. The van der Waals surface area contributed by atoms with Gasteiger partial charge in [-0.15, -0.1) is 0 Å². The molecule has 6 heteroatoms. The van der Waals surface area contributed by atoms with Crippen LogP contribution in [0.5, 0.6) is 0 Å². The predicted octanol–water partition coefficient (Wildman–Crippen LogP) is 3.69. The summed E-state index contributed by atoms with van der Waals surface area (Å²) in [5, 5.41) is 10.4. The number of fused-ring (bicyclic) bond motifs is 1. The molecular formula is C24H28N4O2. The first kappa shape index (κ1) is 20.2. The minimum atomic E-state index is -0.148. The molecule has 2 aromatic carbocycles. The van der Waals surface area contributed by atoms with Crippen LogP contribution in [0.1, 0.15) is 18.4 Å². The van der Waals surface area contributed by atoms with Gasteiger partial charge in [-0.2, -0.15) is 0 Å². The molecule has 6 nitrogen and oxygen atoms in total. The van der Waals surface area contributed by atoms with E-state index in [9.17, 15) is 4.79 Å². The number of rotatable bonds is 7. The Kier molecular flexibility index (Phi) is 6.44. The summed E-state index contributed by atoms with van der Waals surface area (Å²) in [5.41, 5.74) is 2.15. The highest BCUT2D eigenvalue weighted by molar-refractivity contribution is 5.80. The van der Waals surface area contributed by atoms with Crippen molar-refractivity contribution in [3.63, 3.8) is 0 Å². The molecule has 1 aromatic heterocycles. The minimum Gasteiger partial charge on any atom is -0.381 e. The highest BCUT2D eigenvalue weighted by atomic mass is 16.5. The van der Waals surface area contributed by atoms with Gasteiger partial charge in [0.25, 0.3) is 0 Å². The number of benzene rings is 2. The summed E-state index contributed by atoms with van der Waals surface area (Å²) in [6.45, 7) is 3.17. The lowest BCUT2D eigenvalue weighted by Crippen LogP contribution is -2.48. The number of amides is 2. The number of urea groups is 1. The number of para-hydroxylation sites is 1. The zero-order chi connectivity index (χ0) is 20.7. The highest BCUT2D eigenvalue weighted by Crippen LogP contribution is 2.34. The lowest BCUT2D eigenvalue weighted by Gasteiger charge is -2.38. The number of nitrogens with one attached hydrogen (secondary N) is 3. The van der Waals surface area contributed by atoms with Crippen molar-refractivity contribution in [2.45, 2.75) is 18.3 Å². The SMILES string of the molecule is O=C(NCCNc1ccc2ccccc2n1)NCC1(c2ccccc2)CCOCC1. The normalized spacial score (nSPS) is 15.5. The molecule has 0 spiro atoms. The van der Waals surface area contributed by atoms with Gasteiger partial charge >= 0.3 is 6.03 Å². The molecule has 2 heterocycles. The van der Waals surface area contributed by atoms with Crippen molar-refractivity contribution in [3.05, 3.63) is 72.3 Å². The van der Waals surface area contributed by atoms with Gasteiger partial charge in [-0.05, 0) is 36.6 Å². The monoisotopic (exact) mass is 404 g/mol. The molecule has 1 aliphatic heterocycles. The number of pyridine rings is 1. The summed E-state index contributed by atoms with van der Waals surface area (Å²) in [6.07, 6.45) is 1.82. The number of ether oxygens (including phenoxy) is 1. The maximum absolute atomic E-state index is 12.3. The van der Waals surface area contributed by atoms with Gasteiger partial charge in [-0.1, -0.05) is 48.5 Å². The maximum atomic E-state index is 12.3. The van der Waals surface area contributed by atoms with Crippen molar-refractivity contribution in [3.8, 4) is 0 Å². The Bertz CT molecular complexity index is 971. The molecule has 0 unspecified atom stereocenters. The molecule has 0 bridgehead atoms. The summed E-state index contributed by atoms with van der Waals surface area (Å²) in [4.78, 5) is 16.9. The van der Waals surface area contributed by atoms with Crippen LogP contribution in [-0.4, -0.2) is 43.9 Å². The summed E-state index contributed by atoms with van der Waals surface area (Å²) in [6, 6.07) is 22.3. The second-order valence-corrected chi connectivity index (χ2v) is 7.68. The second-order valence-electron chi connectivity index (χ2n) is 7.68. The molecule has 30 heavy (non-hydrogen) atoms. The Labute approximate surface area is 177 Å². The first-order valence-corrected chi connectivity index (χ1v) is 10.5. The van der Waals surface area contributed by atoms with Gasteiger partial charge in [0.2, 0.25) is 0 Å². The Morgan fingerprint density at radius 1 is 0.900 bits per heavy atom. The van der Waals surface area contributed by atoms with E-state index >= 15 is 0 Å². The number of carbonyl (C=O) groups excluding carboxylic acids is 1. The minimum absolute atomic E-state index is 0.0654.